The Labute approximate surface area is 99.0 Å². The zero-order valence-corrected chi connectivity index (χ0v) is 11.1. The van der Waals surface area contributed by atoms with Crippen molar-refractivity contribution in [2.45, 2.75) is 45.7 Å². The van der Waals surface area contributed by atoms with Gasteiger partial charge < -0.3 is 10.5 Å². The molecule has 0 aromatic rings. The lowest BCUT2D eigenvalue weighted by atomic mass is 10.1. The molecule has 0 rings (SSSR count). The maximum absolute atomic E-state index is 5.61. The molecule has 3 nitrogen and oxygen atoms in total. The molecule has 2 N–H and O–H groups in total. The third-order valence-electron chi connectivity index (χ3n) is 2.59. The molecule has 0 heterocycles. The van der Waals surface area contributed by atoms with Gasteiger partial charge in [0.15, 0.2) is 0 Å². The fourth-order valence-corrected chi connectivity index (χ4v) is 1.98. The van der Waals surface area contributed by atoms with Crippen LogP contribution in [-0.4, -0.2) is 42.2 Å². The lowest BCUT2D eigenvalue weighted by Gasteiger charge is -2.34. The lowest BCUT2D eigenvalue weighted by molar-refractivity contribution is 0.0960. The van der Waals surface area contributed by atoms with Gasteiger partial charge in [0.05, 0.1) is 11.6 Å². The van der Waals surface area contributed by atoms with Gasteiger partial charge in [-0.1, -0.05) is 19.1 Å². The summed E-state index contributed by atoms with van der Waals surface area (Å²) in [4.78, 5) is 3.01. The van der Waals surface area contributed by atoms with Crippen LogP contribution in [-0.2, 0) is 4.74 Å². The third kappa shape index (κ3) is 6.07. The standard InChI is InChI=1S/C11H24N2OS/c1-5-10(8-11(12)15)13(9(2)3)6-7-14-4/h9-10H,5-8H2,1-4H3,(H2,12,15). The van der Waals surface area contributed by atoms with E-state index >= 15 is 0 Å². The van der Waals surface area contributed by atoms with Crippen molar-refractivity contribution in [3.63, 3.8) is 0 Å². The molecule has 0 saturated carbocycles. The molecule has 1 atom stereocenters. The first-order valence-electron chi connectivity index (χ1n) is 5.55. The smallest absolute Gasteiger partial charge is 0.0743 e. The molecule has 1 unspecified atom stereocenters. The minimum atomic E-state index is 0.442. The molecule has 0 aromatic heterocycles. The number of rotatable bonds is 8. The van der Waals surface area contributed by atoms with Crippen LogP contribution in [0, 0.1) is 0 Å². The van der Waals surface area contributed by atoms with E-state index in [2.05, 4.69) is 25.7 Å². The number of ether oxygens (including phenoxy) is 1. The second kappa shape index (κ2) is 8.02. The van der Waals surface area contributed by atoms with Gasteiger partial charge in [-0.15, -0.1) is 0 Å². The van der Waals surface area contributed by atoms with Crippen LogP contribution in [0.2, 0.25) is 0 Å². The largest absolute Gasteiger partial charge is 0.393 e. The minimum Gasteiger partial charge on any atom is -0.393 e. The highest BCUT2D eigenvalue weighted by Gasteiger charge is 2.19. The molecule has 0 aromatic carbocycles. The van der Waals surface area contributed by atoms with E-state index in [1.807, 2.05) is 0 Å². The number of thiocarbonyl (C=S) groups is 1. The molecule has 0 aliphatic heterocycles. The van der Waals surface area contributed by atoms with Crippen molar-refractivity contribution in [2.75, 3.05) is 20.3 Å². The van der Waals surface area contributed by atoms with Crippen molar-refractivity contribution in [3.8, 4) is 0 Å². The normalized spacial score (nSPS) is 13.5. The molecule has 0 aliphatic rings. The second-order valence-electron chi connectivity index (χ2n) is 4.06. The Morgan fingerprint density at radius 2 is 2.07 bits per heavy atom. The van der Waals surface area contributed by atoms with Gasteiger partial charge in [-0.25, -0.2) is 0 Å². The maximum atomic E-state index is 5.61. The second-order valence-corrected chi connectivity index (χ2v) is 4.58. The van der Waals surface area contributed by atoms with Crippen LogP contribution in [0.15, 0.2) is 0 Å². The van der Waals surface area contributed by atoms with Crippen molar-refractivity contribution < 1.29 is 4.74 Å². The van der Waals surface area contributed by atoms with E-state index in [1.54, 1.807) is 7.11 Å². The number of nitrogens with zero attached hydrogens (tertiary/aromatic N) is 1. The van der Waals surface area contributed by atoms with E-state index in [0.29, 0.717) is 17.1 Å². The molecule has 0 aliphatic carbocycles. The Bertz CT molecular complexity index is 185. The van der Waals surface area contributed by atoms with Gasteiger partial charge in [0, 0.05) is 32.2 Å². The summed E-state index contributed by atoms with van der Waals surface area (Å²) in [7, 11) is 1.73. The van der Waals surface area contributed by atoms with Crippen LogP contribution >= 0.6 is 12.2 Å². The summed E-state index contributed by atoms with van der Waals surface area (Å²) in [5, 5.41) is 0. The first-order chi connectivity index (χ1) is 7.02. The van der Waals surface area contributed by atoms with E-state index in [0.717, 1.165) is 26.0 Å². The highest BCUT2D eigenvalue weighted by atomic mass is 32.1. The zero-order chi connectivity index (χ0) is 11.8. The first-order valence-corrected chi connectivity index (χ1v) is 5.96. The number of hydrogen-bond acceptors (Lipinski definition) is 3. The first kappa shape index (κ1) is 14.8. The van der Waals surface area contributed by atoms with E-state index < -0.39 is 0 Å². The zero-order valence-electron chi connectivity index (χ0n) is 10.3. The highest BCUT2D eigenvalue weighted by Crippen LogP contribution is 2.12. The number of hydrogen-bond donors (Lipinski definition) is 1. The molecule has 0 radical (unpaired) electrons. The van der Waals surface area contributed by atoms with Crippen LogP contribution in [0.3, 0.4) is 0 Å². The van der Waals surface area contributed by atoms with Crippen molar-refractivity contribution >= 4 is 17.2 Å². The minimum absolute atomic E-state index is 0.442. The van der Waals surface area contributed by atoms with Crippen LogP contribution in [0.5, 0.6) is 0 Å². The molecule has 0 bridgehead atoms. The summed E-state index contributed by atoms with van der Waals surface area (Å²) >= 11 is 4.98. The van der Waals surface area contributed by atoms with Gasteiger partial charge in [0.2, 0.25) is 0 Å². The van der Waals surface area contributed by atoms with E-state index in [4.69, 9.17) is 22.7 Å². The molecule has 4 heteroatoms. The molecular formula is C11H24N2OS. The average molecular weight is 232 g/mol. The number of nitrogens with two attached hydrogens (primary N) is 1. The summed E-state index contributed by atoms with van der Waals surface area (Å²) in [6, 6.07) is 0.942. The summed E-state index contributed by atoms with van der Waals surface area (Å²) in [5.74, 6) is 0. The molecule has 0 saturated heterocycles. The highest BCUT2D eigenvalue weighted by molar-refractivity contribution is 7.80. The molecule has 0 amide bonds. The van der Waals surface area contributed by atoms with Crippen molar-refractivity contribution in [1.29, 1.82) is 0 Å². The summed E-state index contributed by atoms with van der Waals surface area (Å²) < 4.78 is 5.12. The van der Waals surface area contributed by atoms with Crippen molar-refractivity contribution in [1.82, 2.24) is 4.90 Å². The van der Waals surface area contributed by atoms with Gasteiger partial charge in [0.1, 0.15) is 0 Å². The van der Waals surface area contributed by atoms with Crippen LogP contribution in [0.1, 0.15) is 33.6 Å². The fraction of sp³-hybridized carbons (Fsp3) is 0.909. The number of methoxy groups -OCH3 is 1. The Balaban J connectivity index is 4.33. The molecule has 0 spiro atoms. The van der Waals surface area contributed by atoms with Crippen LogP contribution < -0.4 is 5.73 Å². The summed E-state index contributed by atoms with van der Waals surface area (Å²) in [6.07, 6.45) is 1.87. The Morgan fingerprint density at radius 1 is 1.47 bits per heavy atom. The SMILES string of the molecule is CCC(CC(N)=S)N(CCOC)C(C)C. The van der Waals surface area contributed by atoms with Crippen molar-refractivity contribution in [2.24, 2.45) is 5.73 Å². The van der Waals surface area contributed by atoms with E-state index in [-0.39, 0.29) is 0 Å². The molecule has 90 valence electrons. The summed E-state index contributed by atoms with van der Waals surface area (Å²) in [6.45, 7) is 8.25. The maximum Gasteiger partial charge on any atom is 0.0743 e. The fourth-order valence-electron chi connectivity index (χ4n) is 1.79. The van der Waals surface area contributed by atoms with Crippen LogP contribution in [0.25, 0.3) is 0 Å². The van der Waals surface area contributed by atoms with Gasteiger partial charge in [-0.05, 0) is 20.3 Å². The summed E-state index contributed by atoms with van der Waals surface area (Å²) in [5.41, 5.74) is 5.61. The van der Waals surface area contributed by atoms with E-state index in [9.17, 15) is 0 Å². The lowest BCUT2D eigenvalue weighted by Crippen LogP contribution is -2.43. The molecule has 15 heavy (non-hydrogen) atoms. The predicted octanol–water partition coefficient (Wildman–Crippen LogP) is 1.80. The average Bonchev–Trinajstić information content (AvgIpc) is 2.15. The predicted molar refractivity (Wildman–Crippen MR) is 69.2 cm³/mol. The van der Waals surface area contributed by atoms with Crippen molar-refractivity contribution in [3.05, 3.63) is 0 Å². The quantitative estimate of drug-likeness (QED) is 0.648. The van der Waals surface area contributed by atoms with Gasteiger partial charge in [-0.3, -0.25) is 4.90 Å². The topological polar surface area (TPSA) is 38.5 Å². The Hall–Kier alpha value is -0.190. The van der Waals surface area contributed by atoms with Gasteiger partial charge in [-0.2, -0.15) is 0 Å². The monoisotopic (exact) mass is 232 g/mol. The van der Waals surface area contributed by atoms with Gasteiger partial charge >= 0.3 is 0 Å². The molecular weight excluding hydrogens is 208 g/mol. The van der Waals surface area contributed by atoms with Crippen LogP contribution in [0.4, 0.5) is 0 Å². The Kier molecular flexibility index (Phi) is 7.92. The Morgan fingerprint density at radius 3 is 2.40 bits per heavy atom. The van der Waals surface area contributed by atoms with E-state index in [1.165, 1.54) is 0 Å². The third-order valence-corrected chi connectivity index (χ3v) is 2.76. The van der Waals surface area contributed by atoms with Gasteiger partial charge in [0.25, 0.3) is 0 Å². The molecule has 0 fully saturated rings.